The van der Waals surface area contributed by atoms with Gasteiger partial charge in [0.05, 0.1) is 13.5 Å². The minimum absolute atomic E-state index is 0.0111. The maximum Gasteiger partial charge on any atom is 0.306 e. The number of hydrogen-bond acceptors (Lipinski definition) is 2. The van der Waals surface area contributed by atoms with Crippen molar-refractivity contribution in [1.82, 2.24) is 0 Å². The number of esters is 1. The number of methoxy groups -OCH3 is 1. The van der Waals surface area contributed by atoms with Crippen molar-refractivity contribution in [1.29, 1.82) is 0 Å². The first-order valence-electron chi connectivity index (χ1n) is 6.26. The molecule has 0 saturated heterocycles. The van der Waals surface area contributed by atoms with Crippen molar-refractivity contribution in [2.24, 2.45) is 23.2 Å². The van der Waals surface area contributed by atoms with Crippen LogP contribution in [0, 0.1) is 23.2 Å². The summed E-state index contributed by atoms with van der Waals surface area (Å²) in [6, 6.07) is 0. The monoisotopic (exact) mass is 210 g/mol. The summed E-state index contributed by atoms with van der Waals surface area (Å²) in [5, 5.41) is 0. The van der Waals surface area contributed by atoms with E-state index >= 15 is 0 Å². The Morgan fingerprint density at radius 2 is 1.60 bits per heavy atom. The largest absolute Gasteiger partial charge is 0.469 e. The van der Waals surface area contributed by atoms with E-state index in [2.05, 4.69) is 0 Å². The molecule has 0 atom stereocenters. The van der Waals surface area contributed by atoms with Gasteiger partial charge in [-0.3, -0.25) is 4.79 Å². The van der Waals surface area contributed by atoms with E-state index in [0.717, 1.165) is 17.8 Å². The van der Waals surface area contributed by atoms with Crippen molar-refractivity contribution in [3.05, 3.63) is 0 Å². The van der Waals surface area contributed by atoms with Crippen molar-refractivity contribution >= 4 is 5.97 Å². The van der Waals surface area contributed by atoms with Crippen LogP contribution in [0.3, 0.4) is 0 Å². The van der Waals surface area contributed by atoms with Crippen molar-refractivity contribution < 1.29 is 9.53 Å². The van der Waals surface area contributed by atoms with Gasteiger partial charge < -0.3 is 4.74 Å². The second-order valence-corrected chi connectivity index (χ2v) is 6.17. The van der Waals surface area contributed by atoms with Gasteiger partial charge in [0.15, 0.2) is 0 Å². The van der Waals surface area contributed by atoms with Gasteiger partial charge in [-0.05, 0) is 61.7 Å². The molecule has 0 N–H and O–H groups in total. The summed E-state index contributed by atoms with van der Waals surface area (Å²) in [5.74, 6) is 2.81. The predicted molar refractivity (Wildman–Crippen MR) is 57.2 cm³/mol. The van der Waals surface area contributed by atoms with Crippen molar-refractivity contribution in [3.8, 4) is 0 Å². The molecule has 0 radical (unpaired) electrons. The number of carbonyl (C=O) groups is 1. The SMILES string of the molecule is CO[14C](=O)CC12CC3CC(CC(C3)C1)C2. The highest BCUT2D eigenvalue weighted by Crippen LogP contribution is 2.61. The Morgan fingerprint density at radius 3 is 2.00 bits per heavy atom. The number of hydrogen-bond donors (Lipinski definition) is 0. The molecule has 0 amide bonds. The van der Waals surface area contributed by atoms with E-state index in [9.17, 15) is 4.79 Å². The molecule has 4 saturated carbocycles. The first-order valence-corrected chi connectivity index (χ1v) is 6.26. The summed E-state index contributed by atoms with van der Waals surface area (Å²) >= 11 is 0. The lowest BCUT2D eigenvalue weighted by atomic mass is 9.49. The molecule has 2 heteroatoms. The van der Waals surface area contributed by atoms with Gasteiger partial charge in [-0.25, -0.2) is 0 Å². The van der Waals surface area contributed by atoms with E-state index in [0.29, 0.717) is 11.8 Å². The molecule has 4 rings (SSSR count). The zero-order valence-corrected chi connectivity index (χ0v) is 9.50. The first-order chi connectivity index (χ1) is 7.19. The Balaban J connectivity index is 1.78. The third-order valence-corrected chi connectivity index (χ3v) is 4.91. The van der Waals surface area contributed by atoms with E-state index in [1.54, 1.807) is 0 Å². The van der Waals surface area contributed by atoms with Gasteiger partial charge in [-0.15, -0.1) is 0 Å². The van der Waals surface area contributed by atoms with Crippen molar-refractivity contribution in [2.45, 2.75) is 44.9 Å². The van der Waals surface area contributed by atoms with Crippen LogP contribution >= 0.6 is 0 Å². The molecule has 2 nitrogen and oxygen atoms in total. The van der Waals surface area contributed by atoms with Crippen LogP contribution in [-0.4, -0.2) is 13.1 Å². The van der Waals surface area contributed by atoms with E-state index in [1.807, 2.05) is 0 Å². The second-order valence-electron chi connectivity index (χ2n) is 6.17. The molecule has 0 unspecified atom stereocenters. The van der Waals surface area contributed by atoms with Gasteiger partial charge in [0.1, 0.15) is 0 Å². The van der Waals surface area contributed by atoms with E-state index < -0.39 is 0 Å². The summed E-state index contributed by atoms with van der Waals surface area (Å²) in [6.07, 6.45) is 8.92. The van der Waals surface area contributed by atoms with Crippen LogP contribution in [0.15, 0.2) is 0 Å². The standard InChI is InChI=1S/C13H20O2/c1-15-12(14)8-13-5-9-2-10(6-13)4-11(3-9)7-13/h9-11H,2-8H2,1H3/i12+2. The van der Waals surface area contributed by atoms with Crippen molar-refractivity contribution in [2.75, 3.05) is 7.11 Å². The molecule has 0 heterocycles. The Bertz CT molecular complexity index is 247. The molecule has 0 aromatic heterocycles. The van der Waals surface area contributed by atoms with Crippen LogP contribution in [0.4, 0.5) is 0 Å². The molecular weight excluding hydrogens is 190 g/mol. The molecule has 4 fully saturated rings. The zero-order valence-electron chi connectivity index (χ0n) is 9.50. The van der Waals surface area contributed by atoms with Crippen LogP contribution in [-0.2, 0) is 9.53 Å². The Morgan fingerprint density at radius 1 is 1.13 bits per heavy atom. The van der Waals surface area contributed by atoms with Gasteiger partial charge in [-0.1, -0.05) is 0 Å². The molecular formula is C13H20O2. The fraction of sp³-hybridized carbons (Fsp3) is 0.923. The molecule has 4 aliphatic rings. The normalized spacial score (nSPS) is 46.9. The summed E-state index contributed by atoms with van der Waals surface area (Å²) in [7, 11) is 1.52. The lowest BCUT2D eigenvalue weighted by molar-refractivity contribution is -0.149. The molecule has 0 aromatic carbocycles. The van der Waals surface area contributed by atoms with Crippen LogP contribution in [0.5, 0.6) is 0 Å². The zero-order chi connectivity index (χ0) is 10.5. The highest BCUT2D eigenvalue weighted by atomic mass is 16.8. The van der Waals surface area contributed by atoms with Crippen LogP contribution in [0.2, 0.25) is 0 Å². The molecule has 0 aliphatic heterocycles. The Labute approximate surface area is 91.4 Å². The maximum absolute atomic E-state index is 11.5. The lowest BCUT2D eigenvalue weighted by Gasteiger charge is -2.56. The highest BCUT2D eigenvalue weighted by Gasteiger charge is 2.51. The van der Waals surface area contributed by atoms with Gasteiger partial charge in [0.2, 0.25) is 0 Å². The smallest absolute Gasteiger partial charge is 0.306 e. The summed E-state index contributed by atoms with van der Waals surface area (Å²) in [5.41, 5.74) is 0.349. The summed E-state index contributed by atoms with van der Waals surface area (Å²) < 4.78 is 4.85. The molecule has 84 valence electrons. The third kappa shape index (κ3) is 1.58. The summed E-state index contributed by atoms with van der Waals surface area (Å²) in [6.45, 7) is 0. The average Bonchev–Trinajstić information content (AvgIpc) is 2.14. The molecule has 0 aromatic rings. The Kier molecular flexibility index (Phi) is 2.08. The minimum atomic E-state index is 0.0111. The maximum atomic E-state index is 11.5. The predicted octanol–water partition coefficient (Wildman–Crippen LogP) is 2.77. The molecule has 0 spiro atoms. The second kappa shape index (κ2) is 3.23. The van der Waals surface area contributed by atoms with E-state index in [1.165, 1.54) is 45.6 Å². The highest BCUT2D eigenvalue weighted by molar-refractivity contribution is 5.70. The molecule has 15 heavy (non-hydrogen) atoms. The van der Waals surface area contributed by atoms with Crippen LogP contribution in [0.1, 0.15) is 44.9 Å². The fourth-order valence-electron chi connectivity index (χ4n) is 4.88. The molecule has 4 aliphatic carbocycles. The number of carbonyl (C=O) groups excluding carboxylic acids is 1. The van der Waals surface area contributed by atoms with Gasteiger partial charge in [-0.2, -0.15) is 0 Å². The quantitative estimate of drug-likeness (QED) is 0.655. The third-order valence-electron chi connectivity index (χ3n) is 4.91. The van der Waals surface area contributed by atoms with E-state index in [-0.39, 0.29) is 5.97 Å². The van der Waals surface area contributed by atoms with Gasteiger partial charge >= 0.3 is 5.97 Å². The minimum Gasteiger partial charge on any atom is -0.469 e. The first kappa shape index (κ1) is 9.68. The topological polar surface area (TPSA) is 26.3 Å². The van der Waals surface area contributed by atoms with Gasteiger partial charge in [0.25, 0.3) is 0 Å². The van der Waals surface area contributed by atoms with Crippen molar-refractivity contribution in [3.63, 3.8) is 0 Å². The molecule has 4 bridgehead atoms. The van der Waals surface area contributed by atoms with Crippen LogP contribution in [0.25, 0.3) is 0 Å². The van der Waals surface area contributed by atoms with E-state index in [4.69, 9.17) is 4.74 Å². The fourth-order valence-corrected chi connectivity index (χ4v) is 4.88. The van der Waals surface area contributed by atoms with Crippen LogP contribution < -0.4 is 0 Å². The number of ether oxygens (including phenoxy) is 1. The van der Waals surface area contributed by atoms with Gasteiger partial charge in [0, 0.05) is 0 Å². The lowest BCUT2D eigenvalue weighted by Crippen LogP contribution is -2.46. The summed E-state index contributed by atoms with van der Waals surface area (Å²) in [4.78, 5) is 11.5. The Hall–Kier alpha value is -0.530. The average molecular weight is 210 g/mol. The number of rotatable bonds is 2.